The smallest absolute Gasteiger partial charge is 0.240 e. The summed E-state index contributed by atoms with van der Waals surface area (Å²) in [5.41, 5.74) is 0.769. The van der Waals surface area contributed by atoms with Gasteiger partial charge in [-0.15, -0.1) is 12.4 Å². The standard InChI is InChI=1S/C14H24N4O2.ClH/c1-11-9-14(20-17-11)16-13(19)10-18-7-4-12(5-8-18)3-6-15-2;/h9,12,15H,3-8,10H2,1-2H3,(H,16,19);1H. The minimum absolute atomic E-state index is 0. The van der Waals surface area contributed by atoms with Crippen LogP contribution in [0.4, 0.5) is 5.88 Å². The molecule has 0 atom stereocenters. The predicted octanol–water partition coefficient (Wildman–Crippen LogP) is 1.66. The largest absolute Gasteiger partial charge is 0.338 e. The molecule has 0 aromatic carbocycles. The van der Waals surface area contributed by atoms with Crippen LogP contribution in [0.25, 0.3) is 0 Å². The first-order valence-electron chi connectivity index (χ1n) is 7.27. The minimum atomic E-state index is -0.0326. The molecule has 120 valence electrons. The highest BCUT2D eigenvalue weighted by Crippen LogP contribution is 2.19. The fourth-order valence-electron chi connectivity index (χ4n) is 2.58. The van der Waals surface area contributed by atoms with Crippen molar-refractivity contribution in [1.82, 2.24) is 15.4 Å². The minimum Gasteiger partial charge on any atom is -0.338 e. The molecule has 0 aliphatic carbocycles. The van der Waals surface area contributed by atoms with E-state index < -0.39 is 0 Å². The zero-order chi connectivity index (χ0) is 14.4. The fourth-order valence-corrected chi connectivity index (χ4v) is 2.58. The predicted molar refractivity (Wildman–Crippen MR) is 84.8 cm³/mol. The second kappa shape index (κ2) is 9.02. The lowest BCUT2D eigenvalue weighted by atomic mass is 9.93. The molecule has 0 bridgehead atoms. The number of nitrogens with zero attached hydrogens (tertiary/aromatic N) is 2. The van der Waals surface area contributed by atoms with Crippen molar-refractivity contribution in [3.8, 4) is 0 Å². The first-order valence-corrected chi connectivity index (χ1v) is 7.27. The molecule has 1 aliphatic heterocycles. The van der Waals surface area contributed by atoms with Gasteiger partial charge in [-0.3, -0.25) is 15.0 Å². The van der Waals surface area contributed by atoms with Crippen molar-refractivity contribution in [2.24, 2.45) is 5.92 Å². The lowest BCUT2D eigenvalue weighted by Gasteiger charge is -2.31. The molecule has 0 unspecified atom stereocenters. The Bertz CT molecular complexity index is 430. The summed E-state index contributed by atoms with van der Waals surface area (Å²) in [4.78, 5) is 14.1. The van der Waals surface area contributed by atoms with Gasteiger partial charge in [-0.1, -0.05) is 5.16 Å². The zero-order valence-electron chi connectivity index (χ0n) is 12.7. The number of hydrogen-bond acceptors (Lipinski definition) is 5. The lowest BCUT2D eigenvalue weighted by molar-refractivity contribution is -0.117. The number of carbonyl (C=O) groups is 1. The number of aromatic nitrogens is 1. The number of rotatable bonds is 6. The molecule has 1 aromatic heterocycles. The molecule has 2 heterocycles. The van der Waals surface area contributed by atoms with Crippen LogP contribution in [0.2, 0.25) is 0 Å². The molecule has 2 rings (SSSR count). The van der Waals surface area contributed by atoms with Gasteiger partial charge in [0.1, 0.15) is 0 Å². The van der Waals surface area contributed by atoms with Crippen molar-refractivity contribution < 1.29 is 9.32 Å². The van der Waals surface area contributed by atoms with Crippen LogP contribution in [0.1, 0.15) is 25.0 Å². The summed E-state index contributed by atoms with van der Waals surface area (Å²) in [6.45, 7) is 5.33. The zero-order valence-corrected chi connectivity index (χ0v) is 13.5. The summed E-state index contributed by atoms with van der Waals surface area (Å²) in [7, 11) is 1.99. The van der Waals surface area contributed by atoms with Crippen LogP contribution in [0.15, 0.2) is 10.6 Å². The van der Waals surface area contributed by atoms with Gasteiger partial charge in [0.25, 0.3) is 0 Å². The fraction of sp³-hybridized carbons (Fsp3) is 0.714. The van der Waals surface area contributed by atoms with E-state index >= 15 is 0 Å². The molecular weight excluding hydrogens is 292 g/mol. The molecule has 2 N–H and O–H groups in total. The molecule has 0 spiro atoms. The second-order valence-electron chi connectivity index (χ2n) is 5.49. The van der Waals surface area contributed by atoms with Gasteiger partial charge in [0.2, 0.25) is 11.8 Å². The molecule has 0 saturated carbocycles. The third kappa shape index (κ3) is 6.03. The van der Waals surface area contributed by atoms with E-state index in [0.29, 0.717) is 12.4 Å². The average molecular weight is 317 g/mol. The topological polar surface area (TPSA) is 70.4 Å². The second-order valence-corrected chi connectivity index (χ2v) is 5.49. The van der Waals surface area contributed by atoms with Crippen LogP contribution >= 0.6 is 12.4 Å². The summed E-state index contributed by atoms with van der Waals surface area (Å²) in [5, 5.41) is 9.68. The maximum absolute atomic E-state index is 11.9. The Morgan fingerprint density at radius 2 is 2.19 bits per heavy atom. The van der Waals surface area contributed by atoms with Gasteiger partial charge < -0.3 is 9.84 Å². The summed E-state index contributed by atoms with van der Waals surface area (Å²) < 4.78 is 4.98. The van der Waals surface area contributed by atoms with Gasteiger partial charge in [-0.2, -0.15) is 0 Å². The maximum Gasteiger partial charge on any atom is 0.240 e. The van der Waals surface area contributed by atoms with E-state index in [4.69, 9.17) is 4.52 Å². The SMILES string of the molecule is CNCCC1CCN(CC(=O)Nc2cc(C)no2)CC1.Cl. The van der Waals surface area contributed by atoms with Crippen molar-refractivity contribution in [3.05, 3.63) is 11.8 Å². The van der Waals surface area contributed by atoms with Crippen LogP contribution in [-0.2, 0) is 4.79 Å². The van der Waals surface area contributed by atoms with E-state index in [2.05, 4.69) is 20.7 Å². The van der Waals surface area contributed by atoms with Gasteiger partial charge in [0, 0.05) is 6.07 Å². The van der Waals surface area contributed by atoms with Crippen molar-refractivity contribution in [1.29, 1.82) is 0 Å². The molecule has 1 aliphatic rings. The highest BCUT2D eigenvalue weighted by molar-refractivity contribution is 5.90. The van der Waals surface area contributed by atoms with E-state index in [1.807, 2.05) is 14.0 Å². The average Bonchev–Trinajstić information content (AvgIpc) is 2.83. The molecule has 7 heteroatoms. The molecule has 1 fully saturated rings. The monoisotopic (exact) mass is 316 g/mol. The van der Waals surface area contributed by atoms with Crippen LogP contribution in [0.5, 0.6) is 0 Å². The number of amides is 1. The number of piperidine rings is 1. The van der Waals surface area contributed by atoms with Crippen LogP contribution in [0.3, 0.4) is 0 Å². The lowest BCUT2D eigenvalue weighted by Crippen LogP contribution is -2.39. The molecule has 1 saturated heterocycles. The first kappa shape index (κ1) is 17.9. The Labute approximate surface area is 132 Å². The van der Waals surface area contributed by atoms with Crippen molar-refractivity contribution in [2.45, 2.75) is 26.2 Å². The Balaban J connectivity index is 0.00000220. The Kier molecular flexibility index (Phi) is 7.71. The van der Waals surface area contributed by atoms with Gasteiger partial charge in [-0.25, -0.2) is 0 Å². The molecule has 6 nitrogen and oxygen atoms in total. The molecule has 0 radical (unpaired) electrons. The van der Waals surface area contributed by atoms with Crippen LogP contribution in [-0.4, -0.2) is 49.2 Å². The number of hydrogen-bond donors (Lipinski definition) is 2. The van der Waals surface area contributed by atoms with Gasteiger partial charge in [0.05, 0.1) is 12.2 Å². The van der Waals surface area contributed by atoms with Crippen molar-refractivity contribution >= 4 is 24.2 Å². The van der Waals surface area contributed by atoms with Gasteiger partial charge in [0.15, 0.2) is 0 Å². The van der Waals surface area contributed by atoms with Gasteiger partial charge in [-0.05, 0) is 58.8 Å². The third-order valence-corrected chi connectivity index (χ3v) is 3.77. The van der Waals surface area contributed by atoms with E-state index in [1.54, 1.807) is 6.07 Å². The highest BCUT2D eigenvalue weighted by Gasteiger charge is 2.20. The Morgan fingerprint density at radius 3 is 2.76 bits per heavy atom. The molecule has 1 aromatic rings. The first-order chi connectivity index (χ1) is 9.67. The van der Waals surface area contributed by atoms with Crippen LogP contribution in [0, 0.1) is 12.8 Å². The third-order valence-electron chi connectivity index (χ3n) is 3.77. The quantitative estimate of drug-likeness (QED) is 0.835. The number of nitrogens with one attached hydrogen (secondary N) is 2. The number of anilines is 1. The van der Waals surface area contributed by atoms with E-state index in [9.17, 15) is 4.79 Å². The summed E-state index contributed by atoms with van der Waals surface area (Å²) in [5.74, 6) is 1.19. The molecule has 1 amide bonds. The Hall–Kier alpha value is -1.11. The number of likely N-dealkylation sites (tertiary alicyclic amines) is 1. The van der Waals surface area contributed by atoms with Crippen molar-refractivity contribution in [2.75, 3.05) is 38.5 Å². The summed E-state index contributed by atoms with van der Waals surface area (Å²) >= 11 is 0. The number of halogens is 1. The number of aryl methyl sites for hydroxylation is 1. The van der Waals surface area contributed by atoms with E-state index in [-0.39, 0.29) is 18.3 Å². The van der Waals surface area contributed by atoms with Crippen LogP contribution < -0.4 is 10.6 Å². The molecular formula is C14H25ClN4O2. The normalized spacial score (nSPS) is 16.5. The van der Waals surface area contributed by atoms with Crippen molar-refractivity contribution in [3.63, 3.8) is 0 Å². The summed E-state index contributed by atoms with van der Waals surface area (Å²) in [6.07, 6.45) is 3.58. The van der Waals surface area contributed by atoms with Gasteiger partial charge >= 0.3 is 0 Å². The number of carbonyl (C=O) groups excluding carboxylic acids is 1. The highest BCUT2D eigenvalue weighted by atomic mass is 35.5. The maximum atomic E-state index is 11.9. The van der Waals surface area contributed by atoms with E-state index in [0.717, 1.165) is 31.2 Å². The molecule has 21 heavy (non-hydrogen) atoms. The Morgan fingerprint density at radius 1 is 1.48 bits per heavy atom. The summed E-state index contributed by atoms with van der Waals surface area (Å²) in [6, 6.07) is 1.72. The van der Waals surface area contributed by atoms with E-state index in [1.165, 1.54) is 19.3 Å².